The van der Waals surface area contributed by atoms with Crippen LogP contribution in [0, 0.1) is 11.7 Å². The number of fused-ring (bicyclic) bond motifs is 4. The molecule has 0 saturated heterocycles. The van der Waals surface area contributed by atoms with Crippen LogP contribution in [0.15, 0.2) is 18.2 Å². The van der Waals surface area contributed by atoms with Crippen molar-refractivity contribution in [3.8, 4) is 5.75 Å². The third kappa shape index (κ3) is 4.68. The van der Waals surface area contributed by atoms with Gasteiger partial charge in [0.15, 0.2) is 6.61 Å². The Labute approximate surface area is 213 Å². The van der Waals surface area contributed by atoms with Crippen LogP contribution in [0.5, 0.6) is 5.75 Å². The molecule has 0 spiro atoms. The van der Waals surface area contributed by atoms with E-state index in [0.717, 1.165) is 24.7 Å². The SMILES string of the molecule is CC1Cc2nc(C(=O)NC34CCC(NC(=O)COc5ccc(Cl)c(F)c5)(CC3)[C@@H](O)C4)nn2C(C)C1. The van der Waals surface area contributed by atoms with Gasteiger partial charge in [-0.3, -0.25) is 9.59 Å². The van der Waals surface area contributed by atoms with E-state index >= 15 is 0 Å². The van der Waals surface area contributed by atoms with Gasteiger partial charge in [-0.05, 0) is 63.5 Å². The summed E-state index contributed by atoms with van der Waals surface area (Å²) in [7, 11) is 0. The summed E-state index contributed by atoms with van der Waals surface area (Å²) in [6, 6.07) is 4.16. The molecule has 1 aromatic heterocycles. The van der Waals surface area contributed by atoms with Crippen molar-refractivity contribution in [1.29, 1.82) is 0 Å². The van der Waals surface area contributed by atoms with Crippen molar-refractivity contribution >= 4 is 23.4 Å². The fraction of sp³-hybridized carbons (Fsp3) is 0.600. The molecule has 6 rings (SSSR count). The molecule has 0 radical (unpaired) electrons. The lowest BCUT2D eigenvalue weighted by atomic mass is 9.60. The standard InChI is InChI=1S/C25H31ClFN5O4/c1-14-9-15(2)32-20(10-14)28-22(31-32)23(35)30-24-5-7-25(8-6-24,19(33)12-24)29-21(34)13-36-16-3-4-17(26)18(27)11-16/h3-4,11,14-15,19,33H,5-10,12-13H2,1-2H3,(H,29,34)(H,30,35)/t14?,15?,19-,24?,25?/m0/s1. The first-order valence-electron chi connectivity index (χ1n) is 12.4. The minimum atomic E-state index is -0.832. The molecule has 1 aromatic carbocycles. The summed E-state index contributed by atoms with van der Waals surface area (Å²) < 4.78 is 20.8. The summed E-state index contributed by atoms with van der Waals surface area (Å²) in [4.78, 5) is 30.2. The van der Waals surface area contributed by atoms with Crippen LogP contribution in [0.3, 0.4) is 0 Å². The zero-order valence-electron chi connectivity index (χ0n) is 20.4. The number of nitrogens with zero attached hydrogens (tertiary/aromatic N) is 3. The number of nitrogens with one attached hydrogen (secondary N) is 2. The highest BCUT2D eigenvalue weighted by molar-refractivity contribution is 6.30. The third-order valence-electron chi connectivity index (χ3n) is 7.95. The fourth-order valence-electron chi connectivity index (χ4n) is 6.01. The number of aliphatic hydroxyl groups excluding tert-OH is 1. The molecule has 9 nitrogen and oxygen atoms in total. The Balaban J connectivity index is 1.19. The van der Waals surface area contributed by atoms with Crippen molar-refractivity contribution in [3.63, 3.8) is 0 Å². The molecule has 3 N–H and O–H groups in total. The number of benzene rings is 1. The normalized spacial score (nSPS) is 31.0. The van der Waals surface area contributed by atoms with E-state index in [1.807, 2.05) is 4.68 Å². The number of carbonyl (C=O) groups is 2. The zero-order chi connectivity index (χ0) is 25.7. The lowest BCUT2D eigenvalue weighted by Gasteiger charge is -2.56. The molecule has 3 fully saturated rings. The number of halogens is 2. The molecule has 2 aromatic rings. The number of hydrogen-bond donors (Lipinski definition) is 3. The van der Waals surface area contributed by atoms with Gasteiger partial charge in [0.25, 0.3) is 11.8 Å². The van der Waals surface area contributed by atoms with E-state index < -0.39 is 28.9 Å². The smallest absolute Gasteiger partial charge is 0.291 e. The summed E-state index contributed by atoms with van der Waals surface area (Å²) in [5.41, 5.74) is -1.35. The van der Waals surface area contributed by atoms with Gasteiger partial charge in [0.2, 0.25) is 5.82 Å². The van der Waals surface area contributed by atoms with Crippen molar-refractivity contribution in [2.45, 2.75) is 82.0 Å². The van der Waals surface area contributed by atoms with Crippen molar-refractivity contribution in [1.82, 2.24) is 25.4 Å². The van der Waals surface area contributed by atoms with E-state index in [-0.39, 0.29) is 35.2 Å². The van der Waals surface area contributed by atoms with Gasteiger partial charge in [0, 0.05) is 18.0 Å². The van der Waals surface area contributed by atoms with Crippen molar-refractivity contribution < 1.29 is 23.8 Å². The number of carbonyl (C=O) groups excluding carboxylic acids is 2. The number of rotatable bonds is 6. The van der Waals surface area contributed by atoms with Crippen LogP contribution in [-0.2, 0) is 11.2 Å². The highest BCUT2D eigenvalue weighted by Crippen LogP contribution is 2.47. The molecule has 3 atom stereocenters. The monoisotopic (exact) mass is 519 g/mol. The molecule has 4 aliphatic rings. The topological polar surface area (TPSA) is 118 Å². The van der Waals surface area contributed by atoms with Gasteiger partial charge in [-0.25, -0.2) is 14.1 Å². The van der Waals surface area contributed by atoms with Crippen LogP contribution in [0.4, 0.5) is 4.39 Å². The average Bonchev–Trinajstić information content (AvgIpc) is 3.26. The van der Waals surface area contributed by atoms with E-state index in [1.165, 1.54) is 12.1 Å². The molecule has 1 aliphatic heterocycles. The third-order valence-corrected chi connectivity index (χ3v) is 8.25. The van der Waals surface area contributed by atoms with Gasteiger partial charge >= 0.3 is 0 Å². The van der Waals surface area contributed by atoms with Crippen LogP contribution >= 0.6 is 11.6 Å². The molecule has 36 heavy (non-hydrogen) atoms. The molecule has 2 amide bonds. The average molecular weight is 520 g/mol. The zero-order valence-corrected chi connectivity index (χ0v) is 21.1. The number of amides is 2. The minimum absolute atomic E-state index is 0.0266. The van der Waals surface area contributed by atoms with Gasteiger partial charge in [-0.1, -0.05) is 18.5 Å². The van der Waals surface area contributed by atoms with E-state index in [1.54, 1.807) is 0 Å². The van der Waals surface area contributed by atoms with Crippen molar-refractivity contribution in [3.05, 3.63) is 40.7 Å². The highest BCUT2D eigenvalue weighted by atomic mass is 35.5. The second-order valence-electron chi connectivity index (χ2n) is 10.7. The molecule has 3 aliphatic carbocycles. The second-order valence-corrected chi connectivity index (χ2v) is 11.1. The molecular formula is C25H31ClFN5O4. The Morgan fingerprint density at radius 1 is 1.25 bits per heavy atom. The maximum Gasteiger partial charge on any atom is 0.291 e. The first kappa shape index (κ1) is 25.0. The molecular weight excluding hydrogens is 489 g/mol. The molecule has 2 unspecified atom stereocenters. The Morgan fingerprint density at radius 3 is 2.69 bits per heavy atom. The van der Waals surface area contributed by atoms with Gasteiger partial charge in [-0.2, -0.15) is 0 Å². The molecule has 11 heteroatoms. The Kier molecular flexibility index (Phi) is 6.45. The van der Waals surface area contributed by atoms with Gasteiger partial charge < -0.3 is 20.5 Å². The lowest BCUT2D eigenvalue weighted by molar-refractivity contribution is -0.132. The van der Waals surface area contributed by atoms with E-state index in [4.69, 9.17) is 16.3 Å². The molecule has 2 bridgehead atoms. The van der Waals surface area contributed by atoms with Gasteiger partial charge in [-0.15, -0.1) is 5.10 Å². The Bertz CT molecular complexity index is 1180. The van der Waals surface area contributed by atoms with Crippen LogP contribution in [0.25, 0.3) is 0 Å². The summed E-state index contributed by atoms with van der Waals surface area (Å²) in [5.74, 6) is 0.334. The van der Waals surface area contributed by atoms with E-state index in [9.17, 15) is 19.1 Å². The van der Waals surface area contributed by atoms with Gasteiger partial charge in [0.05, 0.1) is 22.7 Å². The Hall–Kier alpha value is -2.72. The van der Waals surface area contributed by atoms with E-state index in [0.29, 0.717) is 38.0 Å². The highest BCUT2D eigenvalue weighted by Gasteiger charge is 2.55. The first-order valence-corrected chi connectivity index (χ1v) is 12.8. The molecule has 194 valence electrons. The summed E-state index contributed by atoms with van der Waals surface area (Å²) in [6.07, 6.45) is 3.54. The van der Waals surface area contributed by atoms with E-state index in [2.05, 4.69) is 34.6 Å². The predicted molar refractivity (Wildman–Crippen MR) is 129 cm³/mol. The summed E-state index contributed by atoms with van der Waals surface area (Å²) in [6.45, 7) is 3.94. The summed E-state index contributed by atoms with van der Waals surface area (Å²) >= 11 is 5.67. The van der Waals surface area contributed by atoms with Crippen LogP contribution < -0.4 is 15.4 Å². The summed E-state index contributed by atoms with van der Waals surface area (Å²) in [5, 5.41) is 21.5. The quantitative estimate of drug-likeness (QED) is 0.540. The van der Waals surface area contributed by atoms with Crippen LogP contribution in [0.2, 0.25) is 5.02 Å². The van der Waals surface area contributed by atoms with Crippen molar-refractivity contribution in [2.24, 2.45) is 5.92 Å². The lowest BCUT2D eigenvalue weighted by Crippen LogP contribution is -2.70. The number of aromatic nitrogens is 3. The predicted octanol–water partition coefficient (Wildman–Crippen LogP) is 2.96. The molecule has 2 heterocycles. The van der Waals surface area contributed by atoms with Gasteiger partial charge in [0.1, 0.15) is 17.4 Å². The first-order chi connectivity index (χ1) is 17.1. The maximum atomic E-state index is 13.6. The number of ether oxygens (including phenoxy) is 1. The number of hydrogen-bond acceptors (Lipinski definition) is 6. The minimum Gasteiger partial charge on any atom is -0.484 e. The molecule has 3 saturated carbocycles. The van der Waals surface area contributed by atoms with Crippen LogP contribution in [-0.4, -0.2) is 55.5 Å². The maximum absolute atomic E-state index is 13.6. The largest absolute Gasteiger partial charge is 0.484 e. The Morgan fingerprint density at radius 2 is 2.00 bits per heavy atom. The van der Waals surface area contributed by atoms with Crippen LogP contribution in [0.1, 0.15) is 74.9 Å². The second kappa shape index (κ2) is 9.30. The van der Waals surface area contributed by atoms with Crippen molar-refractivity contribution in [2.75, 3.05) is 6.61 Å². The fourth-order valence-corrected chi connectivity index (χ4v) is 6.13. The number of aliphatic hydroxyl groups is 1.